The van der Waals surface area contributed by atoms with Crippen molar-refractivity contribution in [3.63, 3.8) is 0 Å². The molecule has 23 heavy (non-hydrogen) atoms. The molecule has 0 bridgehead atoms. The second-order valence-corrected chi connectivity index (χ2v) is 5.60. The SMILES string of the molecule is CCN(Cc1c(F)cccc1F)C(=O)CNC(=O)[C@@H](N)C(C)C. The smallest absolute Gasteiger partial charge is 0.242 e. The lowest BCUT2D eigenvalue weighted by molar-refractivity contribution is -0.133. The molecule has 1 aromatic carbocycles. The Balaban J connectivity index is 2.68. The summed E-state index contributed by atoms with van der Waals surface area (Å²) in [5.41, 5.74) is 5.51. The number of amides is 2. The van der Waals surface area contributed by atoms with Crippen LogP contribution in [-0.4, -0.2) is 35.8 Å². The molecule has 0 unspecified atom stereocenters. The number of hydrogen-bond acceptors (Lipinski definition) is 3. The molecule has 0 aliphatic heterocycles. The highest BCUT2D eigenvalue weighted by atomic mass is 19.1. The Morgan fingerprint density at radius 2 is 1.83 bits per heavy atom. The predicted octanol–water partition coefficient (Wildman–Crippen LogP) is 1.41. The van der Waals surface area contributed by atoms with Crippen molar-refractivity contribution in [2.75, 3.05) is 13.1 Å². The van der Waals surface area contributed by atoms with Gasteiger partial charge in [0.2, 0.25) is 11.8 Å². The Hall–Kier alpha value is -2.02. The van der Waals surface area contributed by atoms with Crippen LogP contribution in [-0.2, 0) is 16.1 Å². The Kier molecular flexibility index (Phi) is 7.09. The molecule has 0 spiro atoms. The van der Waals surface area contributed by atoms with Crippen LogP contribution in [0.1, 0.15) is 26.3 Å². The molecule has 1 aromatic rings. The second kappa shape index (κ2) is 8.57. The molecule has 0 heterocycles. The number of carbonyl (C=O) groups is 2. The van der Waals surface area contributed by atoms with Crippen LogP contribution in [0, 0.1) is 17.6 Å². The fourth-order valence-corrected chi connectivity index (χ4v) is 1.95. The number of nitrogens with two attached hydrogens (primary N) is 1. The molecular weight excluding hydrogens is 304 g/mol. The van der Waals surface area contributed by atoms with Crippen LogP contribution in [0.15, 0.2) is 18.2 Å². The molecule has 7 heteroatoms. The number of carbonyl (C=O) groups excluding carboxylic acids is 2. The zero-order chi connectivity index (χ0) is 17.6. The van der Waals surface area contributed by atoms with Crippen LogP contribution in [0.5, 0.6) is 0 Å². The fourth-order valence-electron chi connectivity index (χ4n) is 1.95. The van der Waals surface area contributed by atoms with Gasteiger partial charge in [-0.3, -0.25) is 9.59 Å². The van der Waals surface area contributed by atoms with Gasteiger partial charge in [-0.25, -0.2) is 8.78 Å². The third kappa shape index (κ3) is 5.28. The molecule has 5 nitrogen and oxygen atoms in total. The van der Waals surface area contributed by atoms with Crippen molar-refractivity contribution in [1.29, 1.82) is 0 Å². The summed E-state index contributed by atoms with van der Waals surface area (Å²) in [6, 6.07) is 2.84. The van der Waals surface area contributed by atoms with Gasteiger partial charge in [0.05, 0.1) is 19.1 Å². The fraction of sp³-hybridized carbons (Fsp3) is 0.500. The first-order valence-corrected chi connectivity index (χ1v) is 7.51. The van der Waals surface area contributed by atoms with E-state index in [1.807, 2.05) is 0 Å². The lowest BCUT2D eigenvalue weighted by Gasteiger charge is -2.22. The number of likely N-dealkylation sites (N-methyl/N-ethyl adjacent to an activating group) is 1. The molecule has 0 saturated heterocycles. The maximum Gasteiger partial charge on any atom is 0.242 e. The average Bonchev–Trinajstić information content (AvgIpc) is 2.51. The normalized spacial score (nSPS) is 12.1. The van der Waals surface area contributed by atoms with Gasteiger partial charge < -0.3 is 16.0 Å². The number of benzene rings is 1. The minimum atomic E-state index is -0.707. The molecule has 0 aliphatic carbocycles. The van der Waals surface area contributed by atoms with E-state index in [0.717, 1.165) is 12.1 Å². The van der Waals surface area contributed by atoms with Gasteiger partial charge in [-0.2, -0.15) is 0 Å². The molecule has 0 aromatic heterocycles. The Labute approximate surface area is 134 Å². The minimum absolute atomic E-state index is 0.0557. The topological polar surface area (TPSA) is 75.4 Å². The van der Waals surface area contributed by atoms with Crippen molar-refractivity contribution in [3.05, 3.63) is 35.4 Å². The van der Waals surface area contributed by atoms with E-state index < -0.39 is 29.5 Å². The van der Waals surface area contributed by atoms with Crippen molar-refractivity contribution >= 4 is 11.8 Å². The van der Waals surface area contributed by atoms with Crippen LogP contribution in [0.3, 0.4) is 0 Å². The van der Waals surface area contributed by atoms with Crippen molar-refractivity contribution in [2.24, 2.45) is 11.7 Å². The van der Waals surface area contributed by atoms with Crippen LogP contribution < -0.4 is 11.1 Å². The van der Waals surface area contributed by atoms with Crippen LogP contribution in [0.25, 0.3) is 0 Å². The number of halogens is 2. The lowest BCUT2D eigenvalue weighted by atomic mass is 10.1. The Bertz CT molecular complexity index is 544. The van der Waals surface area contributed by atoms with E-state index in [9.17, 15) is 18.4 Å². The molecule has 0 fully saturated rings. The first-order valence-electron chi connectivity index (χ1n) is 7.51. The van der Waals surface area contributed by atoms with Gasteiger partial charge in [-0.05, 0) is 25.0 Å². The molecule has 3 N–H and O–H groups in total. The first kappa shape index (κ1) is 19.0. The molecule has 0 radical (unpaired) electrons. The van der Waals surface area contributed by atoms with Gasteiger partial charge >= 0.3 is 0 Å². The number of hydrogen-bond donors (Lipinski definition) is 2. The highest BCUT2D eigenvalue weighted by Gasteiger charge is 2.20. The minimum Gasteiger partial charge on any atom is -0.346 e. The van der Waals surface area contributed by atoms with Crippen molar-refractivity contribution in [1.82, 2.24) is 10.2 Å². The maximum absolute atomic E-state index is 13.7. The van der Waals surface area contributed by atoms with Gasteiger partial charge in [0.1, 0.15) is 11.6 Å². The summed E-state index contributed by atoms with van der Waals surface area (Å²) in [6.45, 7) is 5.09. The monoisotopic (exact) mass is 327 g/mol. The van der Waals surface area contributed by atoms with E-state index in [4.69, 9.17) is 5.73 Å². The van der Waals surface area contributed by atoms with Gasteiger partial charge in [0.15, 0.2) is 0 Å². The van der Waals surface area contributed by atoms with Crippen LogP contribution in [0.4, 0.5) is 8.78 Å². The quantitative estimate of drug-likeness (QED) is 0.795. The molecule has 0 aliphatic rings. The molecular formula is C16H23F2N3O2. The number of nitrogens with zero attached hydrogens (tertiary/aromatic N) is 1. The standard InChI is InChI=1S/C16H23F2N3O2/c1-4-21(9-11-12(17)6-5-7-13(11)18)14(22)8-20-16(23)15(19)10(2)3/h5-7,10,15H,4,8-9,19H2,1-3H3,(H,20,23)/t15-/m0/s1. The molecule has 1 rings (SSSR count). The van der Waals surface area contributed by atoms with E-state index in [0.29, 0.717) is 0 Å². The van der Waals surface area contributed by atoms with E-state index >= 15 is 0 Å². The van der Waals surface area contributed by atoms with E-state index in [-0.39, 0.29) is 31.1 Å². The molecule has 2 amide bonds. The highest BCUT2D eigenvalue weighted by Crippen LogP contribution is 2.14. The zero-order valence-corrected chi connectivity index (χ0v) is 13.6. The summed E-state index contributed by atoms with van der Waals surface area (Å²) in [5, 5.41) is 2.45. The molecule has 0 saturated carbocycles. The summed E-state index contributed by atoms with van der Waals surface area (Å²) >= 11 is 0. The first-order chi connectivity index (χ1) is 10.8. The average molecular weight is 327 g/mol. The summed E-state index contributed by atoms with van der Waals surface area (Å²) < 4.78 is 27.3. The van der Waals surface area contributed by atoms with Gasteiger partial charge in [0, 0.05) is 12.1 Å². The van der Waals surface area contributed by atoms with Gasteiger partial charge in [0.25, 0.3) is 0 Å². The number of rotatable bonds is 7. The van der Waals surface area contributed by atoms with Crippen LogP contribution >= 0.6 is 0 Å². The maximum atomic E-state index is 13.7. The van der Waals surface area contributed by atoms with Crippen molar-refractivity contribution in [2.45, 2.75) is 33.4 Å². The predicted molar refractivity (Wildman–Crippen MR) is 83.3 cm³/mol. The van der Waals surface area contributed by atoms with Crippen molar-refractivity contribution in [3.8, 4) is 0 Å². The summed E-state index contributed by atoms with van der Waals surface area (Å²) in [6.07, 6.45) is 0. The van der Waals surface area contributed by atoms with E-state index in [1.165, 1.54) is 11.0 Å². The lowest BCUT2D eigenvalue weighted by Crippen LogP contribution is -2.47. The third-order valence-electron chi connectivity index (χ3n) is 3.58. The Morgan fingerprint density at radius 3 is 2.30 bits per heavy atom. The van der Waals surface area contributed by atoms with Crippen LogP contribution in [0.2, 0.25) is 0 Å². The Morgan fingerprint density at radius 1 is 1.26 bits per heavy atom. The summed E-state index contributed by atoms with van der Waals surface area (Å²) in [4.78, 5) is 25.1. The highest BCUT2D eigenvalue weighted by molar-refractivity contribution is 5.87. The zero-order valence-electron chi connectivity index (χ0n) is 13.6. The molecule has 1 atom stereocenters. The summed E-state index contributed by atoms with van der Waals surface area (Å²) in [5.74, 6) is -2.33. The van der Waals surface area contributed by atoms with Gasteiger partial charge in [-0.1, -0.05) is 19.9 Å². The number of nitrogens with one attached hydrogen (secondary N) is 1. The van der Waals surface area contributed by atoms with Crippen molar-refractivity contribution < 1.29 is 18.4 Å². The van der Waals surface area contributed by atoms with Gasteiger partial charge in [-0.15, -0.1) is 0 Å². The summed E-state index contributed by atoms with van der Waals surface area (Å²) in [7, 11) is 0. The van der Waals surface area contributed by atoms with E-state index in [2.05, 4.69) is 5.32 Å². The largest absolute Gasteiger partial charge is 0.346 e. The second-order valence-electron chi connectivity index (χ2n) is 5.60. The third-order valence-corrected chi connectivity index (χ3v) is 3.58. The van der Waals surface area contributed by atoms with E-state index in [1.54, 1.807) is 20.8 Å². The molecule has 128 valence electrons.